The van der Waals surface area contributed by atoms with Crippen molar-refractivity contribution in [2.75, 3.05) is 6.54 Å². The van der Waals surface area contributed by atoms with Crippen LogP contribution in [0.1, 0.15) is 46.1 Å². The van der Waals surface area contributed by atoms with Crippen LogP contribution in [0.4, 0.5) is 4.39 Å². The number of benzene rings is 2. The predicted molar refractivity (Wildman–Crippen MR) is 115 cm³/mol. The Bertz CT molecular complexity index is 1050. The van der Waals surface area contributed by atoms with Crippen molar-refractivity contribution < 1.29 is 18.4 Å². The number of furan rings is 1. The molecule has 0 aliphatic carbocycles. The van der Waals surface area contributed by atoms with E-state index in [-0.39, 0.29) is 29.6 Å². The van der Waals surface area contributed by atoms with E-state index in [1.54, 1.807) is 23.3 Å². The third-order valence-corrected chi connectivity index (χ3v) is 5.75. The van der Waals surface area contributed by atoms with Crippen LogP contribution < -0.4 is 5.32 Å². The van der Waals surface area contributed by atoms with Crippen LogP contribution in [0, 0.1) is 18.7 Å². The standard InChI is InChI=1S/C25H25FN2O3/c1-17-4-2-5-19(14-17)23-12-9-20(24(29)27-15-22-6-3-13-31-22)16-28(23)25(30)18-7-10-21(26)11-8-18/h2-8,10-11,13-14,20,23H,9,12,15-16H2,1H3,(H,27,29)/t20-,23+/m0/s1. The lowest BCUT2D eigenvalue weighted by atomic mass is 9.87. The Kier molecular flexibility index (Phi) is 6.16. The largest absolute Gasteiger partial charge is 0.467 e. The minimum Gasteiger partial charge on any atom is -0.467 e. The fourth-order valence-corrected chi connectivity index (χ4v) is 4.12. The number of hydrogen-bond donors (Lipinski definition) is 1. The molecule has 1 saturated heterocycles. The van der Waals surface area contributed by atoms with Crippen LogP contribution in [0.15, 0.2) is 71.3 Å². The maximum absolute atomic E-state index is 13.4. The summed E-state index contributed by atoms with van der Waals surface area (Å²) in [5, 5.41) is 2.90. The Morgan fingerprint density at radius 2 is 1.90 bits per heavy atom. The number of nitrogens with zero attached hydrogens (tertiary/aromatic N) is 1. The molecule has 31 heavy (non-hydrogen) atoms. The first-order chi connectivity index (χ1) is 15.0. The zero-order valence-corrected chi connectivity index (χ0v) is 17.4. The van der Waals surface area contributed by atoms with Gasteiger partial charge in [0.25, 0.3) is 5.91 Å². The second kappa shape index (κ2) is 9.16. The average molecular weight is 420 g/mol. The first-order valence-electron chi connectivity index (χ1n) is 10.4. The van der Waals surface area contributed by atoms with Crippen molar-refractivity contribution in [2.24, 2.45) is 5.92 Å². The third kappa shape index (κ3) is 4.85. The molecule has 1 aliphatic heterocycles. The molecule has 6 heteroatoms. The van der Waals surface area contributed by atoms with Crippen LogP contribution in [-0.4, -0.2) is 23.3 Å². The molecule has 2 heterocycles. The highest BCUT2D eigenvalue weighted by molar-refractivity contribution is 5.95. The molecule has 160 valence electrons. The highest BCUT2D eigenvalue weighted by Crippen LogP contribution is 2.35. The van der Waals surface area contributed by atoms with E-state index >= 15 is 0 Å². The fourth-order valence-electron chi connectivity index (χ4n) is 4.12. The molecule has 1 N–H and O–H groups in total. The summed E-state index contributed by atoms with van der Waals surface area (Å²) >= 11 is 0. The van der Waals surface area contributed by atoms with Gasteiger partial charge in [0.2, 0.25) is 5.91 Å². The monoisotopic (exact) mass is 420 g/mol. The fraction of sp³-hybridized carbons (Fsp3) is 0.280. The molecule has 4 rings (SSSR count). The summed E-state index contributed by atoms with van der Waals surface area (Å²) in [6.07, 6.45) is 2.92. The summed E-state index contributed by atoms with van der Waals surface area (Å²) < 4.78 is 18.6. The van der Waals surface area contributed by atoms with Crippen LogP contribution >= 0.6 is 0 Å². The van der Waals surface area contributed by atoms with E-state index in [0.29, 0.717) is 37.3 Å². The normalized spacial score (nSPS) is 18.6. The first kappa shape index (κ1) is 20.8. The molecule has 0 bridgehead atoms. The first-order valence-corrected chi connectivity index (χ1v) is 10.4. The average Bonchev–Trinajstić information content (AvgIpc) is 3.31. The van der Waals surface area contributed by atoms with E-state index in [4.69, 9.17) is 4.42 Å². The van der Waals surface area contributed by atoms with Gasteiger partial charge in [0, 0.05) is 12.1 Å². The summed E-state index contributed by atoms with van der Waals surface area (Å²) in [4.78, 5) is 27.9. The van der Waals surface area contributed by atoms with E-state index in [1.165, 1.54) is 24.3 Å². The van der Waals surface area contributed by atoms with Gasteiger partial charge in [-0.2, -0.15) is 0 Å². The molecule has 3 aromatic rings. The van der Waals surface area contributed by atoms with Gasteiger partial charge in [-0.15, -0.1) is 0 Å². The van der Waals surface area contributed by atoms with Crippen molar-refractivity contribution in [3.8, 4) is 0 Å². The molecule has 2 aromatic carbocycles. The number of halogens is 1. The summed E-state index contributed by atoms with van der Waals surface area (Å²) in [7, 11) is 0. The third-order valence-electron chi connectivity index (χ3n) is 5.75. The van der Waals surface area contributed by atoms with E-state index < -0.39 is 0 Å². The molecular weight excluding hydrogens is 395 g/mol. The smallest absolute Gasteiger partial charge is 0.254 e. The molecular formula is C25H25FN2O3. The zero-order valence-electron chi connectivity index (χ0n) is 17.4. The number of likely N-dealkylation sites (tertiary alicyclic amines) is 1. The number of aryl methyl sites for hydroxylation is 1. The summed E-state index contributed by atoms with van der Waals surface area (Å²) in [6.45, 7) is 2.64. The van der Waals surface area contributed by atoms with Gasteiger partial charge < -0.3 is 14.6 Å². The molecule has 0 saturated carbocycles. The van der Waals surface area contributed by atoms with Crippen LogP contribution in [0.3, 0.4) is 0 Å². The van der Waals surface area contributed by atoms with Gasteiger partial charge in [-0.1, -0.05) is 29.8 Å². The molecule has 0 unspecified atom stereocenters. The Balaban J connectivity index is 1.55. The van der Waals surface area contributed by atoms with Crippen molar-refractivity contribution >= 4 is 11.8 Å². The van der Waals surface area contributed by atoms with Crippen molar-refractivity contribution in [1.29, 1.82) is 0 Å². The van der Waals surface area contributed by atoms with Gasteiger partial charge in [0.05, 0.1) is 24.8 Å². The van der Waals surface area contributed by atoms with Gasteiger partial charge in [-0.25, -0.2) is 4.39 Å². The van der Waals surface area contributed by atoms with Crippen LogP contribution in [-0.2, 0) is 11.3 Å². The number of nitrogens with one attached hydrogen (secondary N) is 1. The molecule has 2 amide bonds. The second-order valence-electron chi connectivity index (χ2n) is 7.97. The van der Waals surface area contributed by atoms with E-state index in [1.807, 2.05) is 25.1 Å². The number of amides is 2. The zero-order chi connectivity index (χ0) is 21.8. The quantitative estimate of drug-likeness (QED) is 0.654. The molecule has 5 nitrogen and oxygen atoms in total. The predicted octanol–water partition coefficient (Wildman–Crippen LogP) is 4.64. The van der Waals surface area contributed by atoms with Gasteiger partial charge >= 0.3 is 0 Å². The van der Waals surface area contributed by atoms with Crippen molar-refractivity contribution in [3.05, 3.63) is 95.2 Å². The number of piperidine rings is 1. The second-order valence-corrected chi connectivity index (χ2v) is 7.97. The molecule has 2 atom stereocenters. The summed E-state index contributed by atoms with van der Waals surface area (Å²) in [5.74, 6) is -0.326. The summed E-state index contributed by atoms with van der Waals surface area (Å²) in [5.41, 5.74) is 2.57. The van der Waals surface area contributed by atoms with Crippen LogP contribution in [0.25, 0.3) is 0 Å². The SMILES string of the molecule is Cc1cccc([C@H]2CC[C@H](C(=O)NCc3ccco3)CN2C(=O)c2ccc(F)cc2)c1. The highest BCUT2D eigenvalue weighted by Gasteiger charge is 2.36. The Morgan fingerprint density at radius 3 is 2.61 bits per heavy atom. The minimum atomic E-state index is -0.388. The van der Waals surface area contributed by atoms with Crippen molar-refractivity contribution in [2.45, 2.75) is 32.4 Å². The molecule has 0 radical (unpaired) electrons. The number of carbonyl (C=O) groups is 2. The Morgan fingerprint density at radius 1 is 1.10 bits per heavy atom. The van der Waals surface area contributed by atoms with Gasteiger partial charge in [-0.3, -0.25) is 9.59 Å². The van der Waals surface area contributed by atoms with Crippen LogP contribution in [0.5, 0.6) is 0 Å². The Hall–Kier alpha value is -3.41. The van der Waals surface area contributed by atoms with Crippen molar-refractivity contribution in [1.82, 2.24) is 10.2 Å². The lowest BCUT2D eigenvalue weighted by Crippen LogP contribution is -2.46. The molecule has 1 fully saturated rings. The number of hydrogen-bond acceptors (Lipinski definition) is 3. The summed E-state index contributed by atoms with van der Waals surface area (Å²) in [6, 6.07) is 17.1. The van der Waals surface area contributed by atoms with E-state index in [0.717, 1.165) is 11.1 Å². The van der Waals surface area contributed by atoms with Gasteiger partial charge in [-0.05, 0) is 61.7 Å². The topological polar surface area (TPSA) is 62.6 Å². The maximum Gasteiger partial charge on any atom is 0.254 e. The number of rotatable bonds is 5. The highest BCUT2D eigenvalue weighted by atomic mass is 19.1. The lowest BCUT2D eigenvalue weighted by Gasteiger charge is -2.39. The van der Waals surface area contributed by atoms with Crippen LogP contribution in [0.2, 0.25) is 0 Å². The maximum atomic E-state index is 13.4. The molecule has 1 aliphatic rings. The van der Waals surface area contributed by atoms with Gasteiger partial charge in [0.15, 0.2) is 0 Å². The minimum absolute atomic E-state index is 0.101. The van der Waals surface area contributed by atoms with Gasteiger partial charge in [0.1, 0.15) is 11.6 Å². The van der Waals surface area contributed by atoms with E-state index in [2.05, 4.69) is 11.4 Å². The number of carbonyl (C=O) groups excluding carboxylic acids is 2. The van der Waals surface area contributed by atoms with Crippen molar-refractivity contribution in [3.63, 3.8) is 0 Å². The van der Waals surface area contributed by atoms with E-state index in [9.17, 15) is 14.0 Å². The Labute approximate surface area is 180 Å². The lowest BCUT2D eigenvalue weighted by molar-refractivity contribution is -0.127. The molecule has 0 spiro atoms. The molecule has 1 aromatic heterocycles.